The van der Waals surface area contributed by atoms with Crippen molar-refractivity contribution in [1.29, 1.82) is 0 Å². The highest BCUT2D eigenvalue weighted by Gasteiger charge is 2.35. The van der Waals surface area contributed by atoms with E-state index < -0.39 is 0 Å². The van der Waals surface area contributed by atoms with Gasteiger partial charge in [0.05, 0.1) is 0 Å². The van der Waals surface area contributed by atoms with E-state index in [9.17, 15) is 0 Å². The third kappa shape index (κ3) is 6.36. The third-order valence-electron chi connectivity index (χ3n) is 6.88. The number of nitrogens with zero attached hydrogens (tertiary/aromatic N) is 2. The van der Waals surface area contributed by atoms with E-state index in [2.05, 4.69) is 45.7 Å². The molecule has 1 aromatic carbocycles. The summed E-state index contributed by atoms with van der Waals surface area (Å²) in [6.45, 7) is 9.05. The van der Waals surface area contributed by atoms with Gasteiger partial charge in [-0.2, -0.15) is 11.3 Å². The van der Waals surface area contributed by atoms with Gasteiger partial charge in [-0.1, -0.05) is 60.7 Å². The average molecular weight is 478 g/mol. The second-order valence-corrected chi connectivity index (χ2v) is 10.8. The van der Waals surface area contributed by atoms with E-state index in [0.717, 1.165) is 24.7 Å². The topological polar surface area (TPSA) is 6.48 Å². The van der Waals surface area contributed by atoms with Crippen LogP contribution in [-0.4, -0.2) is 42.5 Å². The minimum atomic E-state index is 0.610. The quantitative estimate of drug-likeness (QED) is 0.287. The first-order valence-corrected chi connectivity index (χ1v) is 13.4. The van der Waals surface area contributed by atoms with Crippen molar-refractivity contribution in [3.05, 3.63) is 67.8 Å². The van der Waals surface area contributed by atoms with Crippen LogP contribution >= 0.6 is 34.5 Å². The first-order chi connectivity index (χ1) is 15.1. The molecule has 0 radical (unpaired) electrons. The van der Waals surface area contributed by atoms with Crippen molar-refractivity contribution in [3.8, 4) is 0 Å². The Morgan fingerprint density at radius 2 is 1.94 bits per heavy atom. The third-order valence-corrected chi connectivity index (χ3v) is 8.17. The largest absolute Gasteiger partial charge is 0.302 e. The molecule has 0 amide bonds. The number of allylic oxidation sites excluding steroid dienone is 1. The number of hydrogen-bond acceptors (Lipinski definition) is 3. The molecule has 2 fully saturated rings. The van der Waals surface area contributed by atoms with Gasteiger partial charge in [0, 0.05) is 55.2 Å². The summed E-state index contributed by atoms with van der Waals surface area (Å²) < 4.78 is 0. The molecule has 168 valence electrons. The Morgan fingerprint density at radius 1 is 1.10 bits per heavy atom. The highest BCUT2D eigenvalue weighted by atomic mass is 35.5. The summed E-state index contributed by atoms with van der Waals surface area (Å²) in [5.41, 5.74) is 4.37. The standard InChI is InChI=1S/C26H34Cl2N2S/c1-2-3-4-5-20-8-11-29(12-9-20)16-23-17-30(18-25(23)22-10-13-31-19-22)15-21-6-7-24(27)14-26(21)28/h5-7,10,13-14,19,23,25H,2-4,8-9,11-12,15-18H2,1H3/t23-,25+/m0/s1. The van der Waals surface area contributed by atoms with E-state index in [1.165, 1.54) is 62.9 Å². The van der Waals surface area contributed by atoms with Crippen molar-refractivity contribution in [1.82, 2.24) is 9.80 Å². The zero-order valence-corrected chi connectivity index (χ0v) is 20.9. The van der Waals surface area contributed by atoms with E-state index in [0.29, 0.717) is 16.9 Å². The molecule has 31 heavy (non-hydrogen) atoms. The normalized spacial score (nSPS) is 22.9. The SMILES string of the molecule is CCCCC=C1CCN(C[C@H]2CN(Cc3ccc(Cl)cc3Cl)C[C@@H]2c2ccsc2)CC1. The predicted octanol–water partition coefficient (Wildman–Crippen LogP) is 7.48. The molecule has 2 nitrogen and oxygen atoms in total. The molecule has 2 aliphatic rings. The Morgan fingerprint density at radius 3 is 2.65 bits per heavy atom. The summed E-state index contributed by atoms with van der Waals surface area (Å²) in [7, 11) is 0. The highest BCUT2D eigenvalue weighted by Crippen LogP contribution is 2.36. The number of likely N-dealkylation sites (tertiary alicyclic amines) is 2. The number of halogens is 2. The van der Waals surface area contributed by atoms with Crippen molar-refractivity contribution in [2.45, 2.75) is 51.5 Å². The minimum Gasteiger partial charge on any atom is -0.302 e. The maximum absolute atomic E-state index is 6.47. The molecular formula is C26H34Cl2N2S. The Balaban J connectivity index is 1.38. The van der Waals surface area contributed by atoms with Crippen molar-refractivity contribution in [2.24, 2.45) is 5.92 Å². The second kappa shape index (κ2) is 11.3. The summed E-state index contributed by atoms with van der Waals surface area (Å²) >= 11 is 14.4. The average Bonchev–Trinajstić information content (AvgIpc) is 3.42. The molecule has 5 heteroatoms. The zero-order chi connectivity index (χ0) is 21.6. The van der Waals surface area contributed by atoms with Gasteiger partial charge in [0.2, 0.25) is 0 Å². The first kappa shape index (κ1) is 23.3. The summed E-state index contributed by atoms with van der Waals surface area (Å²) in [6.07, 6.45) is 8.90. The van der Waals surface area contributed by atoms with Crippen LogP contribution in [0.2, 0.25) is 10.0 Å². The van der Waals surface area contributed by atoms with Crippen molar-refractivity contribution < 1.29 is 0 Å². The van der Waals surface area contributed by atoms with Gasteiger partial charge in [-0.15, -0.1) is 0 Å². The predicted molar refractivity (Wildman–Crippen MR) is 136 cm³/mol. The Hall–Kier alpha value is -0.840. The fourth-order valence-electron chi connectivity index (χ4n) is 5.10. The molecule has 4 rings (SSSR count). The van der Waals surface area contributed by atoms with Crippen LogP contribution in [0.15, 0.2) is 46.7 Å². The van der Waals surface area contributed by atoms with Crippen molar-refractivity contribution in [2.75, 3.05) is 32.7 Å². The van der Waals surface area contributed by atoms with E-state index in [1.807, 2.05) is 23.5 Å². The van der Waals surface area contributed by atoms with Gasteiger partial charge in [0.15, 0.2) is 0 Å². The summed E-state index contributed by atoms with van der Waals surface area (Å²) in [5, 5.41) is 6.06. The lowest BCUT2D eigenvalue weighted by molar-refractivity contribution is 0.207. The summed E-state index contributed by atoms with van der Waals surface area (Å²) in [5.74, 6) is 1.28. The number of piperidine rings is 1. The molecule has 2 saturated heterocycles. The van der Waals surface area contributed by atoms with Gasteiger partial charge in [-0.25, -0.2) is 0 Å². The Bertz CT molecular complexity index is 854. The number of hydrogen-bond donors (Lipinski definition) is 0. The maximum Gasteiger partial charge on any atom is 0.0465 e. The van der Waals surface area contributed by atoms with Crippen LogP contribution in [0.1, 0.15) is 56.1 Å². The fourth-order valence-corrected chi connectivity index (χ4v) is 6.29. The summed E-state index contributed by atoms with van der Waals surface area (Å²) in [6, 6.07) is 8.22. The van der Waals surface area contributed by atoms with Gasteiger partial charge in [-0.3, -0.25) is 4.90 Å². The number of thiophene rings is 1. The molecule has 3 heterocycles. The van der Waals surface area contributed by atoms with Crippen molar-refractivity contribution >= 4 is 34.5 Å². The van der Waals surface area contributed by atoms with Gasteiger partial charge < -0.3 is 4.90 Å². The lowest BCUT2D eigenvalue weighted by Gasteiger charge is -2.32. The molecule has 0 aliphatic carbocycles. The maximum atomic E-state index is 6.47. The van der Waals surface area contributed by atoms with Crippen LogP contribution in [0.5, 0.6) is 0 Å². The zero-order valence-electron chi connectivity index (χ0n) is 18.5. The van der Waals surface area contributed by atoms with E-state index >= 15 is 0 Å². The number of rotatable bonds is 8. The molecule has 0 N–H and O–H groups in total. The van der Waals surface area contributed by atoms with Crippen LogP contribution in [-0.2, 0) is 6.54 Å². The molecule has 0 spiro atoms. The molecule has 1 aromatic heterocycles. The minimum absolute atomic E-state index is 0.610. The lowest BCUT2D eigenvalue weighted by Crippen LogP contribution is -2.37. The molecule has 0 unspecified atom stereocenters. The van der Waals surface area contributed by atoms with Gasteiger partial charge in [-0.05, 0) is 65.3 Å². The van der Waals surface area contributed by atoms with Gasteiger partial charge in [0.25, 0.3) is 0 Å². The summed E-state index contributed by atoms with van der Waals surface area (Å²) in [4.78, 5) is 5.29. The molecule has 2 aromatic rings. The number of benzene rings is 1. The van der Waals surface area contributed by atoms with Gasteiger partial charge >= 0.3 is 0 Å². The van der Waals surface area contributed by atoms with E-state index in [1.54, 1.807) is 5.57 Å². The van der Waals surface area contributed by atoms with E-state index in [4.69, 9.17) is 23.2 Å². The smallest absolute Gasteiger partial charge is 0.0465 e. The van der Waals surface area contributed by atoms with Crippen LogP contribution < -0.4 is 0 Å². The number of unbranched alkanes of at least 4 members (excludes halogenated alkanes) is 2. The molecule has 2 atom stereocenters. The molecular weight excluding hydrogens is 443 g/mol. The fraction of sp³-hybridized carbons (Fsp3) is 0.538. The van der Waals surface area contributed by atoms with Crippen molar-refractivity contribution in [3.63, 3.8) is 0 Å². The van der Waals surface area contributed by atoms with Crippen LogP contribution in [0.3, 0.4) is 0 Å². The molecule has 0 saturated carbocycles. The van der Waals surface area contributed by atoms with Gasteiger partial charge in [0.1, 0.15) is 0 Å². The van der Waals surface area contributed by atoms with Crippen LogP contribution in [0.4, 0.5) is 0 Å². The Kier molecular flexibility index (Phi) is 8.53. The Labute approximate surface area is 201 Å². The van der Waals surface area contributed by atoms with E-state index in [-0.39, 0.29) is 0 Å². The monoisotopic (exact) mass is 476 g/mol. The molecule has 0 bridgehead atoms. The van der Waals surface area contributed by atoms with Crippen LogP contribution in [0, 0.1) is 5.92 Å². The first-order valence-electron chi connectivity index (χ1n) is 11.7. The molecule has 2 aliphatic heterocycles. The lowest BCUT2D eigenvalue weighted by atomic mass is 9.89. The highest BCUT2D eigenvalue weighted by molar-refractivity contribution is 7.08. The van der Waals surface area contributed by atoms with Crippen LogP contribution in [0.25, 0.3) is 0 Å². The second-order valence-electron chi connectivity index (χ2n) is 9.16.